The van der Waals surface area contributed by atoms with Gasteiger partial charge in [-0.15, -0.1) is 0 Å². The molecular weight excluding hydrogens is 354 g/mol. The van der Waals surface area contributed by atoms with Crippen molar-refractivity contribution in [2.75, 3.05) is 6.79 Å². The number of amides is 1. The molecule has 0 spiro atoms. The van der Waals surface area contributed by atoms with Crippen LogP contribution in [0.2, 0.25) is 0 Å². The molecule has 0 unspecified atom stereocenters. The molecule has 1 heterocycles. The summed E-state index contributed by atoms with van der Waals surface area (Å²) in [5.41, 5.74) is 2.70. The summed E-state index contributed by atoms with van der Waals surface area (Å²) in [4.78, 5) is 22.8. The Morgan fingerprint density at radius 3 is 2.56 bits per heavy atom. The number of hydrogen-bond acceptors (Lipinski definition) is 7. The number of fused-ring (bicyclic) bond motifs is 1. The van der Waals surface area contributed by atoms with Crippen LogP contribution in [0, 0.1) is 10.1 Å². The van der Waals surface area contributed by atoms with Crippen molar-refractivity contribution in [2.45, 2.75) is 20.0 Å². The number of rotatable bonds is 6. The Kier molecular flexibility index (Phi) is 5.20. The molecule has 1 amide bonds. The molecule has 27 heavy (non-hydrogen) atoms. The second-order valence-corrected chi connectivity index (χ2v) is 5.91. The highest BCUT2D eigenvalue weighted by atomic mass is 16.7. The molecule has 140 valence electrons. The Bertz CT molecular complexity index is 893. The summed E-state index contributed by atoms with van der Waals surface area (Å²) in [7, 11) is 0. The van der Waals surface area contributed by atoms with Crippen molar-refractivity contribution in [3.05, 3.63) is 57.6 Å². The largest absolute Gasteiger partial charge is 0.491 e. The number of nitro benzene ring substituents is 1. The first-order valence-electron chi connectivity index (χ1n) is 8.12. The molecule has 1 N–H and O–H groups in total. The third-order valence-electron chi connectivity index (χ3n) is 3.58. The summed E-state index contributed by atoms with van der Waals surface area (Å²) in [6, 6.07) is 9.27. The summed E-state index contributed by atoms with van der Waals surface area (Å²) < 4.78 is 15.8. The molecule has 1 aliphatic rings. The molecule has 0 saturated heterocycles. The Morgan fingerprint density at radius 2 is 1.93 bits per heavy atom. The minimum atomic E-state index is -0.557. The molecule has 2 aromatic carbocycles. The second-order valence-electron chi connectivity index (χ2n) is 5.91. The van der Waals surface area contributed by atoms with E-state index in [-0.39, 0.29) is 24.1 Å². The normalized spacial score (nSPS) is 12.4. The van der Waals surface area contributed by atoms with E-state index in [0.717, 1.165) is 0 Å². The van der Waals surface area contributed by atoms with E-state index in [4.69, 9.17) is 14.2 Å². The Labute approximate surface area is 154 Å². The minimum Gasteiger partial charge on any atom is -0.491 e. The maximum Gasteiger partial charge on any atom is 0.282 e. The van der Waals surface area contributed by atoms with E-state index in [1.54, 1.807) is 24.3 Å². The topological polar surface area (TPSA) is 112 Å². The minimum absolute atomic E-state index is 0.000336. The van der Waals surface area contributed by atoms with Crippen LogP contribution in [0.4, 0.5) is 5.69 Å². The van der Waals surface area contributed by atoms with Crippen LogP contribution in [-0.2, 0) is 0 Å². The molecule has 9 nitrogen and oxygen atoms in total. The van der Waals surface area contributed by atoms with Gasteiger partial charge in [0.2, 0.25) is 6.79 Å². The number of benzene rings is 2. The average molecular weight is 371 g/mol. The third-order valence-corrected chi connectivity index (χ3v) is 3.58. The third kappa shape index (κ3) is 4.32. The average Bonchev–Trinajstić information content (AvgIpc) is 3.08. The molecule has 0 atom stereocenters. The Hall–Kier alpha value is -3.62. The van der Waals surface area contributed by atoms with E-state index in [1.807, 2.05) is 13.8 Å². The molecule has 2 aromatic rings. The van der Waals surface area contributed by atoms with Crippen LogP contribution in [0.3, 0.4) is 0 Å². The first-order chi connectivity index (χ1) is 12.9. The van der Waals surface area contributed by atoms with Gasteiger partial charge in [0.15, 0.2) is 11.5 Å². The van der Waals surface area contributed by atoms with Crippen molar-refractivity contribution in [1.29, 1.82) is 0 Å². The highest BCUT2D eigenvalue weighted by molar-refractivity contribution is 5.95. The van der Waals surface area contributed by atoms with Crippen molar-refractivity contribution < 1.29 is 23.9 Å². The van der Waals surface area contributed by atoms with E-state index in [1.165, 1.54) is 18.3 Å². The first-order valence-corrected chi connectivity index (χ1v) is 8.12. The van der Waals surface area contributed by atoms with E-state index < -0.39 is 10.8 Å². The van der Waals surface area contributed by atoms with Gasteiger partial charge in [-0.25, -0.2) is 5.43 Å². The fourth-order valence-corrected chi connectivity index (χ4v) is 2.39. The maximum absolute atomic E-state index is 12.1. The van der Waals surface area contributed by atoms with E-state index in [9.17, 15) is 14.9 Å². The number of nitrogens with zero attached hydrogens (tertiary/aromatic N) is 2. The quantitative estimate of drug-likeness (QED) is 0.475. The molecule has 0 aromatic heterocycles. The fraction of sp³-hybridized carbons (Fsp3) is 0.222. The summed E-state index contributed by atoms with van der Waals surface area (Å²) in [5, 5.41) is 15.0. The van der Waals surface area contributed by atoms with Crippen LogP contribution in [0.1, 0.15) is 29.8 Å². The van der Waals surface area contributed by atoms with Gasteiger partial charge in [-0.3, -0.25) is 14.9 Å². The zero-order chi connectivity index (χ0) is 19.4. The lowest BCUT2D eigenvalue weighted by Crippen LogP contribution is -2.17. The SMILES string of the molecule is CC(C)Oc1ccc(C(=O)N/N=C\c2cc3c(cc2[N+](=O)[O-])OCO3)cc1. The number of nitro groups is 1. The van der Waals surface area contributed by atoms with Crippen LogP contribution in [0.15, 0.2) is 41.5 Å². The van der Waals surface area contributed by atoms with Gasteiger partial charge in [-0.2, -0.15) is 5.10 Å². The molecule has 3 rings (SSSR count). The highest BCUT2D eigenvalue weighted by Crippen LogP contribution is 2.37. The van der Waals surface area contributed by atoms with E-state index in [0.29, 0.717) is 22.8 Å². The van der Waals surface area contributed by atoms with Gasteiger partial charge in [0, 0.05) is 5.56 Å². The monoisotopic (exact) mass is 371 g/mol. The number of nitrogens with one attached hydrogen (secondary N) is 1. The smallest absolute Gasteiger partial charge is 0.282 e. The number of hydrogen-bond donors (Lipinski definition) is 1. The van der Waals surface area contributed by atoms with E-state index in [2.05, 4.69) is 10.5 Å². The molecule has 0 bridgehead atoms. The van der Waals surface area contributed by atoms with Crippen molar-refractivity contribution in [3.8, 4) is 17.2 Å². The van der Waals surface area contributed by atoms with Crippen LogP contribution in [-0.4, -0.2) is 29.9 Å². The van der Waals surface area contributed by atoms with Crippen molar-refractivity contribution in [3.63, 3.8) is 0 Å². The molecule has 0 saturated carbocycles. The second kappa shape index (κ2) is 7.73. The lowest BCUT2D eigenvalue weighted by molar-refractivity contribution is -0.385. The predicted molar refractivity (Wildman–Crippen MR) is 96.5 cm³/mol. The highest BCUT2D eigenvalue weighted by Gasteiger charge is 2.22. The van der Waals surface area contributed by atoms with E-state index >= 15 is 0 Å². The lowest BCUT2D eigenvalue weighted by atomic mass is 10.1. The number of hydrazone groups is 1. The lowest BCUT2D eigenvalue weighted by Gasteiger charge is -2.09. The molecule has 0 fully saturated rings. The predicted octanol–water partition coefficient (Wildman–Crippen LogP) is 2.87. The first kappa shape index (κ1) is 18.2. The van der Waals surface area contributed by atoms with Gasteiger partial charge in [0.05, 0.1) is 28.9 Å². The van der Waals surface area contributed by atoms with Crippen LogP contribution < -0.4 is 19.6 Å². The number of carbonyl (C=O) groups is 1. The molecule has 0 aliphatic carbocycles. The zero-order valence-electron chi connectivity index (χ0n) is 14.7. The summed E-state index contributed by atoms with van der Waals surface area (Å²) in [6.07, 6.45) is 1.22. The van der Waals surface area contributed by atoms with Gasteiger partial charge >= 0.3 is 0 Å². The van der Waals surface area contributed by atoms with Gasteiger partial charge < -0.3 is 14.2 Å². The van der Waals surface area contributed by atoms with Crippen molar-refractivity contribution in [1.82, 2.24) is 5.43 Å². The van der Waals surface area contributed by atoms with Crippen molar-refractivity contribution in [2.24, 2.45) is 5.10 Å². The Balaban J connectivity index is 1.70. The standard InChI is InChI=1S/C18H17N3O6/c1-11(2)27-14-5-3-12(4-6-14)18(22)20-19-9-13-7-16-17(26-10-25-16)8-15(13)21(23)24/h3-9,11H,10H2,1-2H3,(H,20,22)/b19-9-. The zero-order valence-corrected chi connectivity index (χ0v) is 14.7. The molecule has 1 aliphatic heterocycles. The summed E-state index contributed by atoms with van der Waals surface area (Å²) in [5.74, 6) is 0.882. The van der Waals surface area contributed by atoms with Gasteiger partial charge in [0.1, 0.15) is 5.75 Å². The van der Waals surface area contributed by atoms with Crippen LogP contribution in [0.5, 0.6) is 17.2 Å². The maximum atomic E-state index is 12.1. The fourth-order valence-electron chi connectivity index (χ4n) is 2.39. The van der Waals surface area contributed by atoms with Gasteiger partial charge in [-0.05, 0) is 44.2 Å². The Morgan fingerprint density at radius 1 is 1.26 bits per heavy atom. The number of ether oxygens (including phenoxy) is 3. The van der Waals surface area contributed by atoms with Gasteiger partial charge in [-0.1, -0.05) is 0 Å². The number of carbonyl (C=O) groups excluding carboxylic acids is 1. The summed E-state index contributed by atoms with van der Waals surface area (Å²) >= 11 is 0. The van der Waals surface area contributed by atoms with Crippen molar-refractivity contribution >= 4 is 17.8 Å². The molecule has 0 radical (unpaired) electrons. The molecule has 9 heteroatoms. The van der Waals surface area contributed by atoms with Crippen LogP contribution >= 0.6 is 0 Å². The van der Waals surface area contributed by atoms with Gasteiger partial charge in [0.25, 0.3) is 11.6 Å². The summed E-state index contributed by atoms with van der Waals surface area (Å²) in [6.45, 7) is 3.82. The molecular formula is C18H17N3O6. The van der Waals surface area contributed by atoms with Crippen LogP contribution in [0.25, 0.3) is 0 Å².